The normalized spacial score (nSPS) is 23.2. The molecule has 0 radical (unpaired) electrons. The number of nitrogens with zero attached hydrogens (tertiary/aromatic N) is 4. The van der Waals surface area contributed by atoms with Crippen LogP contribution in [0.15, 0.2) is 36.7 Å². The maximum atomic E-state index is 10.8. The molecule has 1 aliphatic rings. The number of aliphatic hydroxyl groups is 1. The van der Waals surface area contributed by atoms with E-state index < -0.39 is 5.60 Å². The van der Waals surface area contributed by atoms with Crippen LogP contribution in [0.2, 0.25) is 0 Å². The van der Waals surface area contributed by atoms with Gasteiger partial charge in [-0.1, -0.05) is 6.92 Å². The third-order valence-electron chi connectivity index (χ3n) is 5.35. The van der Waals surface area contributed by atoms with E-state index in [1.807, 2.05) is 25.5 Å². The maximum Gasteiger partial charge on any atom is 0.181 e. The predicted octanol–water partition coefficient (Wildman–Crippen LogP) is 3.86. The van der Waals surface area contributed by atoms with Gasteiger partial charge in [0.1, 0.15) is 10.4 Å². The van der Waals surface area contributed by atoms with Crippen molar-refractivity contribution in [2.75, 3.05) is 0 Å². The van der Waals surface area contributed by atoms with Crippen LogP contribution in [0.5, 0.6) is 0 Å². The minimum absolute atomic E-state index is 0.317. The molecule has 0 spiro atoms. The molecule has 0 saturated heterocycles. The van der Waals surface area contributed by atoms with E-state index in [-0.39, 0.29) is 0 Å². The SMILES string of the molecule is C[C@H]1CC[C@]1(O)c1cc2ccc(-c3cnc4nn(C)cc4c3)nc2s1. The van der Waals surface area contributed by atoms with Crippen LogP contribution < -0.4 is 0 Å². The first-order valence-electron chi connectivity index (χ1n) is 8.46. The average molecular weight is 350 g/mol. The van der Waals surface area contributed by atoms with Crippen LogP contribution in [0.3, 0.4) is 0 Å². The van der Waals surface area contributed by atoms with E-state index in [4.69, 9.17) is 4.98 Å². The van der Waals surface area contributed by atoms with Crippen molar-refractivity contribution in [1.29, 1.82) is 0 Å². The van der Waals surface area contributed by atoms with Gasteiger partial charge in [-0.05, 0) is 43.0 Å². The zero-order valence-electron chi connectivity index (χ0n) is 14.1. The average Bonchev–Trinajstić information content (AvgIpc) is 3.20. The smallest absolute Gasteiger partial charge is 0.181 e. The molecular weight excluding hydrogens is 332 g/mol. The van der Waals surface area contributed by atoms with Gasteiger partial charge in [-0.15, -0.1) is 11.3 Å². The second kappa shape index (κ2) is 5.09. The summed E-state index contributed by atoms with van der Waals surface area (Å²) in [6.45, 7) is 2.11. The van der Waals surface area contributed by atoms with E-state index in [9.17, 15) is 5.11 Å². The van der Waals surface area contributed by atoms with E-state index in [2.05, 4.69) is 35.2 Å². The Morgan fingerprint density at radius 1 is 1.28 bits per heavy atom. The first-order valence-corrected chi connectivity index (χ1v) is 9.28. The Morgan fingerprint density at radius 2 is 2.16 bits per heavy atom. The predicted molar refractivity (Wildman–Crippen MR) is 99.4 cm³/mol. The Hall–Kier alpha value is -2.31. The third-order valence-corrected chi connectivity index (χ3v) is 6.56. The standard InChI is InChI=1S/C19H18N4OS/c1-11-5-6-19(11,24)16-8-12-3-4-15(21-18(12)25-16)13-7-14-10-23(2)22-17(14)20-9-13/h3-4,7-11,24H,5-6H2,1-2H3/t11-,19+/m0/s1. The molecule has 25 heavy (non-hydrogen) atoms. The Balaban J connectivity index is 1.59. The van der Waals surface area contributed by atoms with Crippen molar-refractivity contribution in [3.05, 3.63) is 41.5 Å². The van der Waals surface area contributed by atoms with Crippen molar-refractivity contribution in [2.24, 2.45) is 13.0 Å². The Kier molecular flexibility index (Phi) is 3.05. The molecule has 0 aromatic carbocycles. The molecule has 4 heterocycles. The number of thiophene rings is 1. The Morgan fingerprint density at radius 3 is 2.92 bits per heavy atom. The summed E-state index contributed by atoms with van der Waals surface area (Å²) in [5.74, 6) is 0.317. The largest absolute Gasteiger partial charge is 0.384 e. The van der Waals surface area contributed by atoms with Gasteiger partial charge in [0, 0.05) is 40.7 Å². The highest BCUT2D eigenvalue weighted by Gasteiger charge is 2.44. The van der Waals surface area contributed by atoms with Crippen LogP contribution >= 0.6 is 11.3 Å². The monoisotopic (exact) mass is 350 g/mol. The van der Waals surface area contributed by atoms with Gasteiger partial charge in [0.2, 0.25) is 0 Å². The molecule has 4 aromatic rings. The molecule has 0 unspecified atom stereocenters. The summed E-state index contributed by atoms with van der Waals surface area (Å²) < 4.78 is 1.77. The van der Waals surface area contributed by atoms with Crippen molar-refractivity contribution in [1.82, 2.24) is 19.7 Å². The summed E-state index contributed by atoms with van der Waals surface area (Å²) in [5.41, 5.74) is 1.95. The van der Waals surface area contributed by atoms with Crippen molar-refractivity contribution in [3.63, 3.8) is 0 Å². The molecular formula is C19H18N4OS. The van der Waals surface area contributed by atoms with E-state index >= 15 is 0 Å². The maximum absolute atomic E-state index is 10.8. The lowest BCUT2D eigenvalue weighted by molar-refractivity contribution is -0.0899. The summed E-state index contributed by atoms with van der Waals surface area (Å²) in [6, 6.07) is 8.26. The second-order valence-electron chi connectivity index (χ2n) is 7.01. The highest BCUT2D eigenvalue weighted by Crippen LogP contribution is 2.49. The van der Waals surface area contributed by atoms with Crippen LogP contribution in [0.1, 0.15) is 24.6 Å². The molecule has 0 aliphatic heterocycles. The summed E-state index contributed by atoms with van der Waals surface area (Å²) in [6.07, 6.45) is 5.70. The molecule has 5 nitrogen and oxygen atoms in total. The zero-order valence-corrected chi connectivity index (χ0v) is 14.9. The van der Waals surface area contributed by atoms with E-state index in [1.165, 1.54) is 0 Å². The number of fused-ring (bicyclic) bond motifs is 2. The third kappa shape index (κ3) is 2.21. The Labute approximate surface area is 149 Å². The van der Waals surface area contributed by atoms with Crippen LogP contribution in [-0.4, -0.2) is 24.9 Å². The van der Waals surface area contributed by atoms with Crippen molar-refractivity contribution in [2.45, 2.75) is 25.4 Å². The second-order valence-corrected chi connectivity index (χ2v) is 8.04. The number of hydrogen-bond donors (Lipinski definition) is 1. The molecule has 1 fully saturated rings. The van der Waals surface area contributed by atoms with Gasteiger partial charge in [0.15, 0.2) is 5.65 Å². The van der Waals surface area contributed by atoms with Gasteiger partial charge in [0.25, 0.3) is 0 Å². The molecule has 1 aliphatic carbocycles. The van der Waals surface area contributed by atoms with E-state index in [1.54, 1.807) is 16.0 Å². The van der Waals surface area contributed by atoms with Gasteiger partial charge in [-0.3, -0.25) is 4.68 Å². The fourth-order valence-corrected chi connectivity index (χ4v) is 4.80. The fourth-order valence-electron chi connectivity index (χ4n) is 3.54. The minimum atomic E-state index is -0.665. The number of rotatable bonds is 2. The lowest BCUT2D eigenvalue weighted by Gasteiger charge is -2.42. The molecule has 1 N–H and O–H groups in total. The number of aromatic nitrogens is 4. The van der Waals surface area contributed by atoms with Crippen molar-refractivity contribution in [3.8, 4) is 11.3 Å². The van der Waals surface area contributed by atoms with Gasteiger partial charge < -0.3 is 5.11 Å². The number of pyridine rings is 2. The first kappa shape index (κ1) is 15.0. The lowest BCUT2D eigenvalue weighted by atomic mass is 9.70. The topological polar surface area (TPSA) is 63.8 Å². The summed E-state index contributed by atoms with van der Waals surface area (Å²) in [7, 11) is 1.89. The van der Waals surface area contributed by atoms with Crippen LogP contribution in [0.4, 0.5) is 0 Å². The summed E-state index contributed by atoms with van der Waals surface area (Å²) in [5, 5.41) is 17.2. The lowest BCUT2D eigenvalue weighted by Crippen LogP contribution is -2.41. The number of aryl methyl sites for hydroxylation is 1. The Bertz CT molecular complexity index is 1120. The zero-order chi connectivity index (χ0) is 17.2. The molecule has 126 valence electrons. The van der Waals surface area contributed by atoms with Gasteiger partial charge >= 0.3 is 0 Å². The van der Waals surface area contributed by atoms with Gasteiger partial charge in [-0.2, -0.15) is 5.10 Å². The highest BCUT2D eigenvalue weighted by molar-refractivity contribution is 7.18. The quantitative estimate of drug-likeness (QED) is 0.596. The molecule has 5 rings (SSSR count). The molecule has 2 atom stereocenters. The van der Waals surface area contributed by atoms with E-state index in [0.29, 0.717) is 5.92 Å². The van der Waals surface area contributed by atoms with Crippen molar-refractivity contribution < 1.29 is 5.11 Å². The highest BCUT2D eigenvalue weighted by atomic mass is 32.1. The van der Waals surface area contributed by atoms with Crippen molar-refractivity contribution >= 4 is 32.6 Å². The van der Waals surface area contributed by atoms with Crippen LogP contribution in [0, 0.1) is 5.92 Å². The molecule has 4 aromatic heterocycles. The number of hydrogen-bond acceptors (Lipinski definition) is 5. The fraction of sp³-hybridized carbons (Fsp3) is 0.316. The first-order chi connectivity index (χ1) is 12.0. The summed E-state index contributed by atoms with van der Waals surface area (Å²) >= 11 is 1.60. The molecule has 6 heteroatoms. The van der Waals surface area contributed by atoms with Crippen LogP contribution in [0.25, 0.3) is 32.5 Å². The van der Waals surface area contributed by atoms with E-state index in [0.717, 1.165) is 50.2 Å². The molecule has 1 saturated carbocycles. The minimum Gasteiger partial charge on any atom is -0.384 e. The molecule has 0 bridgehead atoms. The van der Waals surface area contributed by atoms with Gasteiger partial charge in [0.05, 0.1) is 5.69 Å². The summed E-state index contributed by atoms with van der Waals surface area (Å²) in [4.78, 5) is 11.2. The molecule has 0 amide bonds. The van der Waals surface area contributed by atoms with Crippen LogP contribution in [-0.2, 0) is 12.6 Å². The van der Waals surface area contributed by atoms with Gasteiger partial charge in [-0.25, -0.2) is 9.97 Å².